The van der Waals surface area contributed by atoms with E-state index in [9.17, 15) is 10.2 Å². The van der Waals surface area contributed by atoms with Crippen LogP contribution in [-0.4, -0.2) is 25.5 Å². The van der Waals surface area contributed by atoms with Crippen molar-refractivity contribution in [1.82, 2.24) is 0 Å². The Kier molecular flexibility index (Phi) is 9.46. The summed E-state index contributed by atoms with van der Waals surface area (Å²) in [7, 11) is 0. The van der Waals surface area contributed by atoms with Crippen LogP contribution in [0.4, 0.5) is 0 Å². The topological polar surface area (TPSA) is 101 Å². The molecule has 5 nitrogen and oxygen atoms in total. The summed E-state index contributed by atoms with van der Waals surface area (Å²) in [5.74, 6) is 1.00. The smallest absolute Gasteiger partial charge is 0.121 e. The number of hydrogen-bond donors (Lipinski definition) is 5. The minimum absolute atomic E-state index is 0.104. The van der Waals surface area contributed by atoms with Crippen molar-refractivity contribution in [1.29, 1.82) is 0 Å². The first kappa shape index (κ1) is 23.3. The van der Waals surface area contributed by atoms with Gasteiger partial charge in [-0.05, 0) is 41.5 Å². The fourth-order valence-corrected chi connectivity index (χ4v) is 2.60. The maximum atomic E-state index is 9.58. The van der Waals surface area contributed by atoms with Crippen LogP contribution in [0.25, 0.3) is 0 Å². The molecule has 5 heteroatoms. The quantitative estimate of drug-likeness (QED) is 0.324. The Morgan fingerprint density at radius 1 is 0.419 bits per heavy atom. The second-order valence-corrected chi connectivity index (χ2v) is 6.56. The number of rotatable bonds is 3. The molecular formula is C26H26O5. The van der Waals surface area contributed by atoms with Crippen LogP contribution in [0.5, 0.6) is 23.0 Å². The summed E-state index contributed by atoms with van der Waals surface area (Å²) in [5, 5.41) is 45.3. The number of phenolic OH excluding ortho intramolecular Hbond substituents is 3. The number of aliphatic hydroxyl groups is 1. The first-order valence-electron chi connectivity index (χ1n) is 9.66. The number of aliphatic hydroxyl groups excluding tert-OH is 1. The van der Waals surface area contributed by atoms with E-state index in [-0.39, 0.29) is 23.9 Å². The second kappa shape index (κ2) is 12.6. The van der Waals surface area contributed by atoms with E-state index < -0.39 is 0 Å². The molecule has 4 rings (SSSR count). The Morgan fingerprint density at radius 3 is 1.06 bits per heavy atom. The highest BCUT2D eigenvalue weighted by Crippen LogP contribution is 2.24. The Morgan fingerprint density at radius 2 is 0.774 bits per heavy atom. The third kappa shape index (κ3) is 8.12. The molecule has 0 radical (unpaired) electrons. The summed E-state index contributed by atoms with van der Waals surface area (Å²) in [6, 6.07) is 29.7. The monoisotopic (exact) mass is 418 g/mol. The maximum Gasteiger partial charge on any atom is 0.121 e. The molecule has 0 spiro atoms. The summed E-state index contributed by atoms with van der Waals surface area (Å²) >= 11 is 0. The molecular weight excluding hydrogens is 392 g/mol. The molecule has 0 aromatic heterocycles. The average Bonchev–Trinajstić information content (AvgIpc) is 2.79. The molecule has 160 valence electrons. The van der Waals surface area contributed by atoms with Crippen LogP contribution in [0, 0.1) is 0 Å². The fraction of sp³-hybridized carbons (Fsp3) is 0.0769. The molecule has 4 aromatic carbocycles. The highest BCUT2D eigenvalue weighted by molar-refractivity contribution is 5.41. The zero-order chi connectivity index (χ0) is 22.5. The van der Waals surface area contributed by atoms with Crippen molar-refractivity contribution in [2.45, 2.75) is 13.0 Å². The van der Waals surface area contributed by atoms with Crippen LogP contribution in [-0.2, 0) is 13.0 Å². The first-order valence-corrected chi connectivity index (χ1v) is 9.66. The van der Waals surface area contributed by atoms with E-state index in [1.165, 1.54) is 0 Å². The Hall–Kier alpha value is -3.96. The lowest BCUT2D eigenvalue weighted by Gasteiger charge is -2.05. The van der Waals surface area contributed by atoms with E-state index in [0.29, 0.717) is 17.7 Å². The summed E-state index contributed by atoms with van der Waals surface area (Å²) < 4.78 is 0. The van der Waals surface area contributed by atoms with E-state index in [2.05, 4.69) is 0 Å². The maximum absolute atomic E-state index is 9.58. The summed E-state index contributed by atoms with van der Waals surface area (Å²) in [4.78, 5) is 0. The third-order valence-corrected chi connectivity index (χ3v) is 4.28. The van der Waals surface area contributed by atoms with Crippen molar-refractivity contribution >= 4 is 0 Å². The van der Waals surface area contributed by atoms with Gasteiger partial charge >= 0.3 is 0 Å². The molecule has 0 saturated carbocycles. The van der Waals surface area contributed by atoms with Crippen molar-refractivity contribution < 1.29 is 25.5 Å². The van der Waals surface area contributed by atoms with Gasteiger partial charge in [-0.2, -0.15) is 0 Å². The Bertz CT molecular complexity index is 1000. The van der Waals surface area contributed by atoms with Gasteiger partial charge in [0.05, 0.1) is 6.61 Å². The van der Waals surface area contributed by atoms with Crippen molar-refractivity contribution in [3.8, 4) is 23.0 Å². The van der Waals surface area contributed by atoms with Gasteiger partial charge < -0.3 is 25.5 Å². The number of para-hydroxylation sites is 4. The molecule has 31 heavy (non-hydrogen) atoms. The largest absolute Gasteiger partial charge is 0.508 e. The predicted octanol–water partition coefficient (Wildman–Crippen LogP) is 4.97. The van der Waals surface area contributed by atoms with Crippen LogP contribution in [0.2, 0.25) is 0 Å². The number of phenols is 4. The second-order valence-electron chi connectivity index (χ2n) is 6.56. The molecule has 0 saturated heterocycles. The van der Waals surface area contributed by atoms with E-state index in [1.54, 1.807) is 72.8 Å². The summed E-state index contributed by atoms with van der Waals surface area (Å²) in [5.41, 5.74) is 2.20. The number of aromatic hydroxyl groups is 4. The Balaban J connectivity index is 0.000000181. The molecule has 0 aliphatic carbocycles. The van der Waals surface area contributed by atoms with Gasteiger partial charge in [-0.1, -0.05) is 72.8 Å². The lowest BCUT2D eigenvalue weighted by molar-refractivity contribution is 0.275. The summed E-state index contributed by atoms with van der Waals surface area (Å²) in [6.07, 6.45) is 0.541. The molecule has 0 aliphatic heterocycles. The predicted molar refractivity (Wildman–Crippen MR) is 121 cm³/mol. The van der Waals surface area contributed by atoms with Crippen LogP contribution in [0.15, 0.2) is 103 Å². The fourth-order valence-electron chi connectivity index (χ4n) is 2.60. The van der Waals surface area contributed by atoms with Crippen LogP contribution < -0.4 is 0 Å². The first-order chi connectivity index (χ1) is 15.0. The molecule has 0 fully saturated rings. The summed E-state index contributed by atoms with van der Waals surface area (Å²) in [6.45, 7) is -0.104. The standard InChI is InChI=1S/C13H12O2.C7H8O2.C6H6O/c14-12-7-3-1-5-10(12)9-11-6-2-4-8-13(11)15;8-5-6-3-1-2-4-7(6)9;7-6-4-2-1-3-5-6/h1-8,14-15H,9H2;1-4,8-9H,5H2;1-5,7H. The molecule has 0 bridgehead atoms. The van der Waals surface area contributed by atoms with Crippen molar-refractivity contribution in [3.05, 3.63) is 120 Å². The number of hydrogen-bond acceptors (Lipinski definition) is 5. The van der Waals surface area contributed by atoms with E-state index in [4.69, 9.17) is 15.3 Å². The van der Waals surface area contributed by atoms with Crippen LogP contribution in [0.1, 0.15) is 16.7 Å². The minimum atomic E-state index is -0.104. The molecule has 0 atom stereocenters. The Labute approximate surface area is 181 Å². The SMILES string of the molecule is OCc1ccccc1O.Oc1ccccc1.Oc1ccccc1Cc1ccccc1O. The lowest BCUT2D eigenvalue weighted by atomic mass is 10.0. The van der Waals surface area contributed by atoms with Gasteiger partial charge in [0.1, 0.15) is 23.0 Å². The van der Waals surface area contributed by atoms with Gasteiger partial charge in [0.15, 0.2) is 0 Å². The van der Waals surface area contributed by atoms with Gasteiger partial charge in [0.25, 0.3) is 0 Å². The number of benzene rings is 4. The van der Waals surface area contributed by atoms with Gasteiger partial charge in [-0.25, -0.2) is 0 Å². The molecule has 0 amide bonds. The molecule has 0 unspecified atom stereocenters. The zero-order valence-corrected chi connectivity index (χ0v) is 17.0. The van der Waals surface area contributed by atoms with Crippen molar-refractivity contribution in [3.63, 3.8) is 0 Å². The highest BCUT2D eigenvalue weighted by Gasteiger charge is 2.04. The van der Waals surface area contributed by atoms with Crippen LogP contribution >= 0.6 is 0 Å². The minimum Gasteiger partial charge on any atom is -0.508 e. The van der Waals surface area contributed by atoms with Crippen molar-refractivity contribution in [2.75, 3.05) is 0 Å². The van der Waals surface area contributed by atoms with Crippen molar-refractivity contribution in [2.24, 2.45) is 0 Å². The lowest BCUT2D eigenvalue weighted by Crippen LogP contribution is -1.88. The van der Waals surface area contributed by atoms with E-state index in [0.717, 1.165) is 11.1 Å². The molecule has 0 heterocycles. The molecule has 5 N–H and O–H groups in total. The van der Waals surface area contributed by atoms with Crippen LogP contribution in [0.3, 0.4) is 0 Å². The van der Waals surface area contributed by atoms with E-state index in [1.807, 2.05) is 30.3 Å². The zero-order valence-electron chi connectivity index (χ0n) is 17.0. The normalized spacial score (nSPS) is 9.58. The highest BCUT2D eigenvalue weighted by atomic mass is 16.3. The van der Waals surface area contributed by atoms with Gasteiger partial charge in [-0.15, -0.1) is 0 Å². The average molecular weight is 418 g/mol. The molecule has 4 aromatic rings. The van der Waals surface area contributed by atoms with Gasteiger partial charge in [0.2, 0.25) is 0 Å². The van der Waals surface area contributed by atoms with E-state index >= 15 is 0 Å². The molecule has 0 aliphatic rings. The van der Waals surface area contributed by atoms with Gasteiger partial charge in [-0.3, -0.25) is 0 Å². The van der Waals surface area contributed by atoms with Gasteiger partial charge in [0, 0.05) is 12.0 Å². The third-order valence-electron chi connectivity index (χ3n) is 4.28.